The zero-order chi connectivity index (χ0) is 15.8. The molecule has 120 valence electrons. The number of hydrogen-bond donors (Lipinski definition) is 1. The van der Waals surface area contributed by atoms with Gasteiger partial charge in [-0.15, -0.1) is 0 Å². The van der Waals surface area contributed by atoms with Crippen LogP contribution in [-0.2, 0) is 16.6 Å². The van der Waals surface area contributed by atoms with E-state index < -0.39 is 10.0 Å². The molecule has 0 amide bonds. The molecule has 0 saturated carbocycles. The number of nitrogens with one attached hydrogen (secondary N) is 1. The first-order valence-electron chi connectivity index (χ1n) is 7.40. The van der Waals surface area contributed by atoms with E-state index in [1.807, 2.05) is 0 Å². The van der Waals surface area contributed by atoms with E-state index in [1.54, 1.807) is 24.3 Å². The molecule has 0 aliphatic carbocycles. The van der Waals surface area contributed by atoms with E-state index >= 15 is 0 Å². The van der Waals surface area contributed by atoms with Crippen LogP contribution in [0.2, 0.25) is 0 Å². The van der Waals surface area contributed by atoms with Crippen molar-refractivity contribution in [3.05, 3.63) is 17.6 Å². The predicted octanol–water partition coefficient (Wildman–Crippen LogP) is 2.36. The summed E-state index contributed by atoms with van der Waals surface area (Å²) in [6, 6.07) is 1.64. The number of sulfonamides is 1. The van der Waals surface area contributed by atoms with Gasteiger partial charge in [0, 0.05) is 19.2 Å². The van der Waals surface area contributed by atoms with Crippen LogP contribution in [0, 0.1) is 18.3 Å². The summed E-state index contributed by atoms with van der Waals surface area (Å²) in [5.41, 5.74) is 0.132. The van der Waals surface area contributed by atoms with E-state index in [4.69, 9.17) is 4.42 Å². The van der Waals surface area contributed by atoms with Gasteiger partial charge in [-0.25, -0.2) is 8.42 Å². The Morgan fingerprint density at radius 3 is 2.62 bits per heavy atom. The fraction of sp³-hybridized carbons (Fsp3) is 0.733. The van der Waals surface area contributed by atoms with Crippen molar-refractivity contribution >= 4 is 10.0 Å². The second-order valence-electron chi connectivity index (χ2n) is 6.88. The molecule has 1 fully saturated rings. The molecule has 5 nitrogen and oxygen atoms in total. The predicted molar refractivity (Wildman–Crippen MR) is 82.5 cm³/mol. The number of furan rings is 1. The maximum Gasteiger partial charge on any atom is 0.246 e. The molecule has 1 unspecified atom stereocenters. The zero-order valence-corrected chi connectivity index (χ0v) is 14.4. The van der Waals surface area contributed by atoms with Crippen molar-refractivity contribution in [2.45, 2.75) is 45.6 Å². The lowest BCUT2D eigenvalue weighted by molar-refractivity contribution is 0.252. The molecule has 1 aromatic heterocycles. The molecule has 6 heteroatoms. The zero-order valence-electron chi connectivity index (χ0n) is 13.6. The second kappa shape index (κ2) is 5.74. The fourth-order valence-electron chi connectivity index (χ4n) is 2.83. The fourth-order valence-corrected chi connectivity index (χ4v) is 4.52. The lowest BCUT2D eigenvalue weighted by atomic mass is 9.80. The monoisotopic (exact) mass is 314 g/mol. The maximum atomic E-state index is 12.8. The Morgan fingerprint density at radius 2 is 2.10 bits per heavy atom. The van der Waals surface area contributed by atoms with Gasteiger partial charge in [0.25, 0.3) is 0 Å². The van der Waals surface area contributed by atoms with Crippen molar-refractivity contribution < 1.29 is 12.8 Å². The summed E-state index contributed by atoms with van der Waals surface area (Å²) < 4.78 is 32.7. The van der Waals surface area contributed by atoms with Crippen molar-refractivity contribution in [2.75, 3.05) is 20.1 Å². The van der Waals surface area contributed by atoms with Crippen LogP contribution in [0.3, 0.4) is 0 Å². The van der Waals surface area contributed by atoms with Crippen molar-refractivity contribution in [3.63, 3.8) is 0 Å². The summed E-state index contributed by atoms with van der Waals surface area (Å²) in [6.07, 6.45) is 0.920. The molecule has 0 spiro atoms. The van der Waals surface area contributed by atoms with Crippen LogP contribution in [0.5, 0.6) is 0 Å². The van der Waals surface area contributed by atoms with Crippen molar-refractivity contribution in [3.8, 4) is 0 Å². The van der Waals surface area contributed by atoms with Gasteiger partial charge in [-0.1, -0.05) is 20.8 Å². The Labute approximate surface area is 127 Å². The van der Waals surface area contributed by atoms with Gasteiger partial charge in [0.2, 0.25) is 10.0 Å². The highest BCUT2D eigenvalue weighted by molar-refractivity contribution is 7.89. The molecule has 1 aromatic rings. The lowest BCUT2D eigenvalue weighted by Gasteiger charge is -2.26. The Balaban J connectivity index is 2.23. The Hall–Kier alpha value is -0.850. The number of nitrogens with zero attached hydrogens (tertiary/aromatic N) is 1. The van der Waals surface area contributed by atoms with Crippen LogP contribution in [-0.4, -0.2) is 32.9 Å². The largest absolute Gasteiger partial charge is 0.464 e. The second-order valence-corrected chi connectivity index (χ2v) is 8.78. The Morgan fingerprint density at radius 1 is 1.43 bits per heavy atom. The number of aryl methyl sites for hydroxylation is 1. The van der Waals surface area contributed by atoms with Gasteiger partial charge in [-0.2, -0.15) is 4.31 Å². The first kappa shape index (κ1) is 16.5. The minimum absolute atomic E-state index is 0.132. The lowest BCUT2D eigenvalue weighted by Crippen LogP contribution is -2.31. The molecule has 2 heterocycles. The summed E-state index contributed by atoms with van der Waals surface area (Å²) in [7, 11) is -1.64. The van der Waals surface area contributed by atoms with E-state index in [0.29, 0.717) is 42.0 Å². The summed E-state index contributed by atoms with van der Waals surface area (Å²) in [4.78, 5) is 0.308. The Bertz CT molecular complexity index is 599. The van der Waals surface area contributed by atoms with E-state index in [0.717, 1.165) is 6.42 Å². The van der Waals surface area contributed by atoms with E-state index in [-0.39, 0.29) is 5.41 Å². The SMILES string of the molecule is CNCc1cc(S(=O)(=O)N2CCC(C(C)(C)C)C2)c(C)o1. The van der Waals surface area contributed by atoms with Gasteiger partial charge in [-0.05, 0) is 31.7 Å². The molecule has 0 bridgehead atoms. The van der Waals surface area contributed by atoms with Gasteiger partial charge in [-0.3, -0.25) is 0 Å². The molecule has 0 aromatic carbocycles. The molecular weight excluding hydrogens is 288 g/mol. The van der Waals surface area contributed by atoms with Crippen LogP contribution >= 0.6 is 0 Å². The van der Waals surface area contributed by atoms with E-state index in [1.165, 1.54) is 0 Å². The summed E-state index contributed by atoms with van der Waals surface area (Å²) in [5, 5.41) is 2.97. The third kappa shape index (κ3) is 3.33. The highest BCUT2D eigenvalue weighted by Gasteiger charge is 2.38. The summed E-state index contributed by atoms with van der Waals surface area (Å²) >= 11 is 0. The first-order valence-corrected chi connectivity index (χ1v) is 8.84. The molecule has 1 aliphatic heterocycles. The van der Waals surface area contributed by atoms with Crippen LogP contribution in [0.4, 0.5) is 0 Å². The maximum absolute atomic E-state index is 12.8. The minimum atomic E-state index is -3.45. The quantitative estimate of drug-likeness (QED) is 0.927. The van der Waals surface area contributed by atoms with Gasteiger partial charge >= 0.3 is 0 Å². The molecular formula is C15H26N2O3S. The van der Waals surface area contributed by atoms with Gasteiger partial charge in [0.05, 0.1) is 6.54 Å². The first-order chi connectivity index (χ1) is 9.66. The summed E-state index contributed by atoms with van der Waals surface area (Å²) in [5.74, 6) is 1.52. The van der Waals surface area contributed by atoms with Crippen LogP contribution in [0.25, 0.3) is 0 Å². The van der Waals surface area contributed by atoms with Crippen LogP contribution in [0.15, 0.2) is 15.4 Å². The van der Waals surface area contributed by atoms with E-state index in [9.17, 15) is 8.42 Å². The number of rotatable bonds is 4. The molecule has 1 N–H and O–H groups in total. The minimum Gasteiger partial charge on any atom is -0.464 e. The van der Waals surface area contributed by atoms with Crippen molar-refractivity contribution in [1.29, 1.82) is 0 Å². The Kier molecular flexibility index (Phi) is 4.52. The smallest absolute Gasteiger partial charge is 0.246 e. The molecule has 21 heavy (non-hydrogen) atoms. The normalized spacial score (nSPS) is 21.1. The van der Waals surface area contributed by atoms with Crippen molar-refractivity contribution in [1.82, 2.24) is 9.62 Å². The topological polar surface area (TPSA) is 62.6 Å². The van der Waals surface area contributed by atoms with Gasteiger partial charge in [0.15, 0.2) is 0 Å². The molecule has 0 radical (unpaired) electrons. The summed E-state index contributed by atoms with van der Waals surface area (Å²) in [6.45, 7) is 9.93. The van der Waals surface area contributed by atoms with Gasteiger partial charge in [0.1, 0.15) is 16.4 Å². The third-order valence-corrected chi connectivity index (χ3v) is 6.24. The number of hydrogen-bond acceptors (Lipinski definition) is 4. The molecule has 1 atom stereocenters. The molecule has 1 saturated heterocycles. The highest BCUT2D eigenvalue weighted by atomic mass is 32.2. The third-order valence-electron chi connectivity index (χ3n) is 4.27. The van der Waals surface area contributed by atoms with Crippen LogP contribution < -0.4 is 5.32 Å². The van der Waals surface area contributed by atoms with Gasteiger partial charge < -0.3 is 9.73 Å². The standard InChI is InChI=1S/C15H26N2O3S/c1-11-14(8-13(20-11)9-16-5)21(18,19)17-7-6-12(10-17)15(2,3)4/h8,12,16H,6-7,9-10H2,1-5H3. The highest BCUT2D eigenvalue weighted by Crippen LogP contribution is 2.36. The molecule has 1 aliphatic rings. The molecule has 2 rings (SSSR count). The average molecular weight is 314 g/mol. The van der Waals surface area contributed by atoms with Crippen LogP contribution in [0.1, 0.15) is 38.7 Å². The van der Waals surface area contributed by atoms with Crippen molar-refractivity contribution in [2.24, 2.45) is 11.3 Å². The average Bonchev–Trinajstić information content (AvgIpc) is 2.96. The van der Waals surface area contributed by atoms with E-state index in [2.05, 4.69) is 26.1 Å².